The average Bonchev–Trinajstić information content (AvgIpc) is 2.55. The first-order valence-electron chi connectivity index (χ1n) is 8.15. The fraction of sp³-hybridized carbons (Fsp3) is 0.529. The van der Waals surface area contributed by atoms with E-state index in [1.54, 1.807) is 25.7 Å². The largest absolute Gasteiger partial charge is 0.504 e. The van der Waals surface area contributed by atoms with Crippen molar-refractivity contribution in [3.8, 4) is 5.75 Å². The van der Waals surface area contributed by atoms with E-state index in [4.69, 9.17) is 39.5 Å². The zero-order valence-corrected chi connectivity index (χ0v) is 17.0. The highest BCUT2D eigenvalue weighted by Gasteiger charge is 2.30. The number of phenols is 1. The van der Waals surface area contributed by atoms with E-state index in [2.05, 4.69) is 5.32 Å². The summed E-state index contributed by atoms with van der Waals surface area (Å²) in [6, 6.07) is 1.30. The van der Waals surface area contributed by atoms with Crippen LogP contribution in [0.2, 0.25) is 15.1 Å². The van der Waals surface area contributed by atoms with Gasteiger partial charge < -0.3 is 20.1 Å². The first kappa shape index (κ1) is 20.9. The maximum atomic E-state index is 12.5. The lowest BCUT2D eigenvalue weighted by atomic mass is 9.96. The fourth-order valence-electron chi connectivity index (χ4n) is 2.58. The molecular formula is C17H21Cl3N2O4. The maximum Gasteiger partial charge on any atom is 0.410 e. The smallest absolute Gasteiger partial charge is 0.410 e. The Morgan fingerprint density at radius 3 is 2.31 bits per heavy atom. The first-order chi connectivity index (χ1) is 12.0. The number of aromatic hydroxyl groups is 1. The molecule has 1 saturated heterocycles. The van der Waals surface area contributed by atoms with Crippen molar-refractivity contribution in [3.63, 3.8) is 0 Å². The summed E-state index contributed by atoms with van der Waals surface area (Å²) < 4.78 is 5.33. The minimum Gasteiger partial charge on any atom is -0.504 e. The Balaban J connectivity index is 1.99. The van der Waals surface area contributed by atoms with E-state index in [0.29, 0.717) is 25.9 Å². The molecule has 0 atom stereocenters. The number of benzene rings is 1. The highest BCUT2D eigenvalue weighted by Crippen LogP contribution is 2.42. The molecule has 0 spiro atoms. The highest BCUT2D eigenvalue weighted by atomic mass is 35.5. The van der Waals surface area contributed by atoms with Gasteiger partial charge >= 0.3 is 6.09 Å². The molecule has 1 aromatic carbocycles. The van der Waals surface area contributed by atoms with Crippen molar-refractivity contribution in [2.45, 2.75) is 39.2 Å². The number of hydrogen-bond donors (Lipinski definition) is 2. The second-order valence-corrected chi connectivity index (χ2v) is 8.30. The van der Waals surface area contributed by atoms with Gasteiger partial charge in [0.15, 0.2) is 5.75 Å². The number of carbonyl (C=O) groups excluding carboxylic acids is 2. The van der Waals surface area contributed by atoms with Crippen LogP contribution < -0.4 is 5.32 Å². The number of ether oxygens (including phenoxy) is 1. The molecule has 0 aliphatic carbocycles. The molecule has 2 amide bonds. The minimum absolute atomic E-state index is 0.00514. The van der Waals surface area contributed by atoms with Gasteiger partial charge in [0.1, 0.15) is 11.3 Å². The molecule has 1 fully saturated rings. The van der Waals surface area contributed by atoms with Crippen LogP contribution in [0.3, 0.4) is 0 Å². The summed E-state index contributed by atoms with van der Waals surface area (Å²) in [7, 11) is 0. The van der Waals surface area contributed by atoms with Gasteiger partial charge in [0.05, 0.1) is 15.1 Å². The van der Waals surface area contributed by atoms with Gasteiger partial charge in [-0.15, -0.1) is 0 Å². The summed E-state index contributed by atoms with van der Waals surface area (Å²) in [6.45, 7) is 6.22. The SMILES string of the molecule is CC(C)(C)OC(=O)N1CCC(C(=O)Nc2c(O)c(Cl)cc(Cl)c2Cl)CC1. The number of rotatable bonds is 2. The molecule has 0 radical (unpaired) electrons. The van der Waals surface area contributed by atoms with Crippen molar-refractivity contribution in [1.82, 2.24) is 4.90 Å². The second-order valence-electron chi connectivity index (χ2n) is 7.11. The van der Waals surface area contributed by atoms with Gasteiger partial charge in [0.2, 0.25) is 5.91 Å². The van der Waals surface area contributed by atoms with Crippen LogP contribution in [0.4, 0.5) is 10.5 Å². The molecule has 0 unspecified atom stereocenters. The molecule has 2 N–H and O–H groups in total. The number of anilines is 1. The first-order valence-corrected chi connectivity index (χ1v) is 9.28. The number of likely N-dealkylation sites (tertiary alicyclic amines) is 1. The Morgan fingerprint density at radius 2 is 1.77 bits per heavy atom. The number of piperidine rings is 1. The van der Waals surface area contributed by atoms with Crippen molar-refractivity contribution in [2.24, 2.45) is 5.92 Å². The summed E-state index contributed by atoms with van der Waals surface area (Å²) in [5, 5.41) is 12.7. The number of carbonyl (C=O) groups is 2. The van der Waals surface area contributed by atoms with Crippen LogP contribution in [-0.4, -0.2) is 40.7 Å². The van der Waals surface area contributed by atoms with E-state index in [-0.39, 0.29) is 38.3 Å². The quantitative estimate of drug-likeness (QED) is 0.522. The van der Waals surface area contributed by atoms with E-state index in [9.17, 15) is 14.7 Å². The zero-order chi connectivity index (χ0) is 19.6. The van der Waals surface area contributed by atoms with Crippen molar-refractivity contribution in [3.05, 3.63) is 21.1 Å². The topological polar surface area (TPSA) is 78.9 Å². The van der Waals surface area contributed by atoms with Crippen LogP contribution in [-0.2, 0) is 9.53 Å². The number of amides is 2. The predicted molar refractivity (Wildman–Crippen MR) is 102 cm³/mol. The van der Waals surface area contributed by atoms with Gasteiger partial charge in [-0.1, -0.05) is 34.8 Å². The monoisotopic (exact) mass is 422 g/mol. The number of nitrogens with one attached hydrogen (secondary N) is 1. The highest BCUT2D eigenvalue weighted by molar-refractivity contribution is 6.46. The number of phenolic OH excluding ortho intramolecular Hbond substituents is 1. The van der Waals surface area contributed by atoms with E-state index in [0.717, 1.165) is 0 Å². The lowest BCUT2D eigenvalue weighted by Crippen LogP contribution is -2.43. The summed E-state index contributed by atoms with van der Waals surface area (Å²) in [5.41, 5.74) is -0.574. The van der Waals surface area contributed by atoms with Gasteiger partial charge in [-0.3, -0.25) is 4.79 Å². The molecule has 1 aliphatic heterocycles. The maximum absolute atomic E-state index is 12.5. The van der Waals surface area contributed by atoms with Crippen LogP contribution in [0, 0.1) is 5.92 Å². The van der Waals surface area contributed by atoms with Crippen LogP contribution in [0.25, 0.3) is 0 Å². The molecule has 2 rings (SSSR count). The standard InChI is InChI=1S/C17H21Cl3N2O4/c1-17(2,3)26-16(25)22-6-4-9(5-7-22)15(24)21-13-12(20)10(18)8-11(19)14(13)23/h8-9,23H,4-7H2,1-3H3,(H,21,24). The Bertz CT molecular complexity index is 685. The van der Waals surface area contributed by atoms with Crippen LogP contribution in [0.15, 0.2) is 6.07 Å². The lowest BCUT2D eigenvalue weighted by Gasteiger charge is -2.33. The molecule has 6 nitrogen and oxygen atoms in total. The van der Waals surface area contributed by atoms with Crippen molar-refractivity contribution < 1.29 is 19.4 Å². The third kappa shape index (κ3) is 5.09. The number of hydrogen-bond acceptors (Lipinski definition) is 4. The van der Waals surface area contributed by atoms with Crippen molar-refractivity contribution in [1.29, 1.82) is 0 Å². The second kappa shape index (κ2) is 8.11. The van der Waals surface area contributed by atoms with Gasteiger partial charge in [-0.25, -0.2) is 4.79 Å². The molecule has 26 heavy (non-hydrogen) atoms. The third-order valence-corrected chi connectivity index (χ3v) is 4.99. The molecule has 144 valence electrons. The van der Waals surface area contributed by atoms with Gasteiger partial charge in [-0.05, 0) is 39.7 Å². The van der Waals surface area contributed by atoms with E-state index in [1.807, 2.05) is 0 Å². The molecule has 1 aliphatic rings. The molecule has 0 aromatic heterocycles. The Kier molecular flexibility index (Phi) is 6.53. The molecular weight excluding hydrogens is 403 g/mol. The molecule has 1 heterocycles. The van der Waals surface area contributed by atoms with Gasteiger partial charge in [0, 0.05) is 19.0 Å². The summed E-state index contributed by atoms with van der Waals surface area (Å²) in [5.74, 6) is -0.980. The van der Waals surface area contributed by atoms with Crippen LogP contribution >= 0.6 is 34.8 Å². The van der Waals surface area contributed by atoms with Gasteiger partial charge in [-0.2, -0.15) is 0 Å². The van der Waals surface area contributed by atoms with Crippen molar-refractivity contribution >= 4 is 52.5 Å². The van der Waals surface area contributed by atoms with E-state index in [1.165, 1.54) is 6.07 Å². The Morgan fingerprint density at radius 1 is 1.19 bits per heavy atom. The summed E-state index contributed by atoms with van der Waals surface area (Å²) in [6.07, 6.45) is 0.550. The third-order valence-electron chi connectivity index (χ3n) is 3.91. The summed E-state index contributed by atoms with van der Waals surface area (Å²) >= 11 is 17.8. The number of nitrogens with zero attached hydrogens (tertiary/aromatic N) is 1. The fourth-order valence-corrected chi connectivity index (χ4v) is 3.23. The van der Waals surface area contributed by atoms with Crippen LogP contribution in [0.1, 0.15) is 33.6 Å². The summed E-state index contributed by atoms with van der Waals surface area (Å²) in [4.78, 5) is 26.1. The Hall–Kier alpha value is -1.37. The molecule has 1 aromatic rings. The van der Waals surface area contributed by atoms with Crippen LogP contribution in [0.5, 0.6) is 5.75 Å². The van der Waals surface area contributed by atoms with Crippen molar-refractivity contribution in [2.75, 3.05) is 18.4 Å². The molecule has 9 heteroatoms. The lowest BCUT2D eigenvalue weighted by molar-refractivity contribution is -0.121. The molecule has 0 saturated carbocycles. The Labute approximate surface area is 167 Å². The zero-order valence-electron chi connectivity index (χ0n) is 14.7. The van der Waals surface area contributed by atoms with E-state index >= 15 is 0 Å². The van der Waals surface area contributed by atoms with Gasteiger partial charge in [0.25, 0.3) is 0 Å². The molecule has 0 bridgehead atoms. The minimum atomic E-state index is -0.564. The predicted octanol–water partition coefficient (Wildman–Crippen LogP) is 4.94. The van der Waals surface area contributed by atoms with E-state index < -0.39 is 11.7 Å². The average molecular weight is 424 g/mol. The normalized spacial score (nSPS) is 15.7. The number of halogens is 3.